The molecule has 0 atom stereocenters. The fraction of sp³-hybridized carbons (Fsp3) is 0.200. The van der Waals surface area contributed by atoms with E-state index in [-0.39, 0.29) is 19.8 Å². The van der Waals surface area contributed by atoms with Gasteiger partial charge in [0.25, 0.3) is 0 Å². The molecule has 234 valence electrons. The molecule has 6 nitrogen and oxygen atoms in total. The number of esters is 2. The number of carbonyl (C=O) groups excluding carboxylic acids is 2. The van der Waals surface area contributed by atoms with E-state index in [0.29, 0.717) is 6.54 Å². The van der Waals surface area contributed by atoms with E-state index in [2.05, 4.69) is 109 Å². The van der Waals surface area contributed by atoms with Crippen LogP contribution in [0.2, 0.25) is 0 Å². The Morgan fingerprint density at radius 3 is 2.06 bits per heavy atom. The smallest absolute Gasteiger partial charge is 0.409 e. The first-order valence-corrected chi connectivity index (χ1v) is 16.0. The van der Waals surface area contributed by atoms with Gasteiger partial charge in [-0.25, -0.2) is 0 Å². The van der Waals surface area contributed by atoms with Crippen molar-refractivity contribution in [3.8, 4) is 0 Å². The van der Waals surface area contributed by atoms with Gasteiger partial charge in [-0.3, -0.25) is 9.59 Å². The minimum atomic E-state index is -1.43. The van der Waals surface area contributed by atoms with Crippen molar-refractivity contribution in [2.24, 2.45) is 5.41 Å². The molecule has 1 N–H and O–H groups in total. The highest BCUT2D eigenvalue weighted by Crippen LogP contribution is 2.44. The fourth-order valence-corrected chi connectivity index (χ4v) is 7.63. The quantitative estimate of drug-likeness (QED) is 0.0926. The second-order valence-electron chi connectivity index (χ2n) is 12.5. The average Bonchev–Trinajstić information content (AvgIpc) is 3.53. The molecule has 0 saturated heterocycles. The summed E-state index contributed by atoms with van der Waals surface area (Å²) in [5, 5.41) is 6.31. The largest absolute Gasteiger partial charge is 0.468 e. The van der Waals surface area contributed by atoms with Crippen LogP contribution in [0.1, 0.15) is 38.9 Å². The molecular weight excluding hydrogens is 583 g/mol. The lowest BCUT2D eigenvalue weighted by atomic mass is 9.58. The maximum Gasteiger partial charge on any atom is 0.409 e. The zero-order valence-corrected chi connectivity index (χ0v) is 27.2. The number of nitrogens with one attached hydrogen (secondary N) is 1. The molecule has 0 saturated carbocycles. The summed E-state index contributed by atoms with van der Waals surface area (Å²) < 4.78 is 10.5. The Balaban J connectivity index is 1.47. The third-order valence-corrected chi connectivity index (χ3v) is 9.98. The molecule has 5 aromatic carbocycles. The topological polar surface area (TPSA) is 67.9 Å². The van der Waals surface area contributed by atoms with Gasteiger partial charge in [-0.2, -0.15) is 0 Å². The van der Waals surface area contributed by atoms with Gasteiger partial charge in [-0.1, -0.05) is 97.1 Å². The monoisotopic (exact) mass is 620 g/mol. The number of rotatable bonds is 7. The van der Waals surface area contributed by atoms with Crippen molar-refractivity contribution < 1.29 is 19.1 Å². The van der Waals surface area contributed by atoms with Crippen LogP contribution >= 0.6 is 0 Å². The van der Waals surface area contributed by atoms with Crippen molar-refractivity contribution in [3.63, 3.8) is 0 Å². The van der Waals surface area contributed by atoms with Crippen molar-refractivity contribution >= 4 is 58.7 Å². The average molecular weight is 621 g/mol. The Kier molecular flexibility index (Phi) is 7.84. The number of anilines is 2. The van der Waals surface area contributed by atoms with Crippen molar-refractivity contribution in [1.82, 2.24) is 0 Å². The zero-order chi connectivity index (χ0) is 32.7. The predicted octanol–water partition coefficient (Wildman–Crippen LogP) is 6.89. The molecule has 7 rings (SSSR count). The van der Waals surface area contributed by atoms with Crippen LogP contribution in [-0.4, -0.2) is 33.1 Å². The summed E-state index contributed by atoms with van der Waals surface area (Å²) in [6.45, 7) is 4.66. The first kappa shape index (κ1) is 30.4. The number of benzene rings is 5. The number of methoxy groups -OCH3 is 2. The fourth-order valence-electron chi connectivity index (χ4n) is 7.63. The van der Waals surface area contributed by atoms with Crippen LogP contribution in [0.5, 0.6) is 0 Å². The summed E-state index contributed by atoms with van der Waals surface area (Å²) in [7, 11) is 2.67. The van der Waals surface area contributed by atoms with Crippen LogP contribution in [0, 0.1) is 19.3 Å². The van der Waals surface area contributed by atoms with Crippen LogP contribution in [0.25, 0.3) is 22.9 Å². The number of nitrogens with zero attached hydrogens (tertiary/aromatic N) is 1. The third-order valence-electron chi connectivity index (χ3n) is 9.98. The number of fused-ring (bicyclic) bond motifs is 1. The second kappa shape index (κ2) is 12.1. The lowest BCUT2D eigenvalue weighted by Gasteiger charge is -2.39. The summed E-state index contributed by atoms with van der Waals surface area (Å²) in [6.07, 6.45) is 4.78. The van der Waals surface area contributed by atoms with Crippen LogP contribution in [0.4, 0.5) is 11.4 Å². The number of hydrogen-bond donors (Lipinski definition) is 1. The Bertz CT molecular complexity index is 2020. The Hall–Kier alpha value is -5.30. The Morgan fingerprint density at radius 2 is 1.40 bits per heavy atom. The maximum atomic E-state index is 13.4. The van der Waals surface area contributed by atoms with E-state index in [9.17, 15) is 9.59 Å². The standard InChI is InChI=1S/C40H37BN2O4/c1-26-31(22-21-28-13-7-5-8-14-28)37(27(2)33-24-40(23-32(26)33,38(44)46-3)39(45)47-4)41-42-34-19-11-17-30-18-12-20-35(36(30)34)43(41)25-29-15-9-6-10-16-29/h5-22,42H,23-25H2,1-4H3/b22-21+. The predicted molar refractivity (Wildman–Crippen MR) is 191 cm³/mol. The van der Waals surface area contributed by atoms with Gasteiger partial charge < -0.3 is 19.5 Å². The van der Waals surface area contributed by atoms with Crippen LogP contribution in [0.15, 0.2) is 97.1 Å². The highest BCUT2D eigenvalue weighted by molar-refractivity contribution is 6.81. The summed E-state index contributed by atoms with van der Waals surface area (Å²) in [5.74, 6) is -1.13. The first-order valence-electron chi connectivity index (χ1n) is 16.0. The summed E-state index contributed by atoms with van der Waals surface area (Å²) in [4.78, 5) is 29.1. The van der Waals surface area contributed by atoms with Gasteiger partial charge in [0.2, 0.25) is 0 Å². The van der Waals surface area contributed by atoms with Gasteiger partial charge in [-0.15, -0.1) is 0 Å². The molecule has 7 heteroatoms. The van der Waals surface area contributed by atoms with E-state index in [1.54, 1.807) is 0 Å². The molecular formula is C40H37BN2O4. The highest BCUT2D eigenvalue weighted by atomic mass is 16.5. The molecule has 5 aromatic rings. The highest BCUT2D eigenvalue weighted by Gasteiger charge is 2.54. The van der Waals surface area contributed by atoms with Crippen molar-refractivity contribution in [3.05, 3.63) is 136 Å². The minimum absolute atomic E-state index is 0.224. The lowest BCUT2D eigenvalue weighted by Crippen LogP contribution is -2.57. The molecule has 0 bridgehead atoms. The molecule has 0 spiro atoms. The van der Waals surface area contributed by atoms with Gasteiger partial charge in [0.1, 0.15) is 0 Å². The Morgan fingerprint density at radius 1 is 0.787 bits per heavy atom. The molecule has 47 heavy (non-hydrogen) atoms. The van der Waals surface area contributed by atoms with Gasteiger partial charge in [0, 0.05) is 36.1 Å². The van der Waals surface area contributed by atoms with E-state index < -0.39 is 17.4 Å². The van der Waals surface area contributed by atoms with Gasteiger partial charge >= 0.3 is 18.9 Å². The molecule has 2 aliphatic rings. The summed E-state index contributed by atoms with van der Waals surface area (Å²) >= 11 is 0. The second-order valence-corrected chi connectivity index (χ2v) is 12.5. The molecule has 0 radical (unpaired) electrons. The van der Waals surface area contributed by atoms with E-state index in [0.717, 1.165) is 50.2 Å². The van der Waals surface area contributed by atoms with E-state index in [4.69, 9.17) is 9.47 Å². The Labute approximate surface area is 276 Å². The molecule has 0 fully saturated rings. The lowest BCUT2D eigenvalue weighted by molar-refractivity contribution is -0.168. The third kappa shape index (κ3) is 5.07. The molecule has 1 aliphatic heterocycles. The summed E-state index contributed by atoms with van der Waals surface area (Å²) in [6, 6.07) is 33.7. The number of carbonyl (C=O) groups is 2. The van der Waals surface area contributed by atoms with E-state index in [1.807, 2.05) is 24.3 Å². The van der Waals surface area contributed by atoms with Crippen molar-refractivity contribution in [2.45, 2.75) is 33.2 Å². The van der Waals surface area contributed by atoms with Crippen molar-refractivity contribution in [1.29, 1.82) is 0 Å². The zero-order valence-electron chi connectivity index (χ0n) is 27.2. The minimum Gasteiger partial charge on any atom is -0.468 e. The molecule has 1 heterocycles. The molecule has 0 unspecified atom stereocenters. The van der Waals surface area contributed by atoms with Gasteiger partial charge in [0.15, 0.2) is 5.41 Å². The van der Waals surface area contributed by atoms with Gasteiger partial charge in [0.05, 0.1) is 14.2 Å². The summed E-state index contributed by atoms with van der Waals surface area (Å²) in [5.41, 5.74) is 9.36. The molecule has 1 aliphatic carbocycles. The molecule has 0 amide bonds. The van der Waals surface area contributed by atoms with Crippen LogP contribution in [-0.2, 0) is 38.4 Å². The first-order chi connectivity index (χ1) is 22.9. The number of hydrogen-bond acceptors (Lipinski definition) is 6. The molecule has 0 aromatic heterocycles. The maximum absolute atomic E-state index is 13.4. The normalized spacial score (nSPS) is 14.6. The van der Waals surface area contributed by atoms with Gasteiger partial charge in [-0.05, 0) is 75.8 Å². The number of ether oxygens (including phenoxy) is 2. The van der Waals surface area contributed by atoms with E-state index in [1.165, 1.54) is 30.6 Å². The van der Waals surface area contributed by atoms with Crippen LogP contribution in [0.3, 0.4) is 0 Å². The van der Waals surface area contributed by atoms with E-state index >= 15 is 0 Å². The van der Waals surface area contributed by atoms with Crippen molar-refractivity contribution in [2.75, 3.05) is 24.3 Å². The van der Waals surface area contributed by atoms with Crippen LogP contribution < -0.4 is 15.5 Å². The SMILES string of the molecule is COC(=O)C1(C(=O)OC)Cc2c(C)c(/C=C/c3ccccc3)c(B3Nc4cccc5cccc(c45)N3Cc3ccccc3)c(C)c2C1.